The minimum atomic E-state index is -0.0321. The van der Waals surface area contributed by atoms with Crippen molar-refractivity contribution in [2.24, 2.45) is 5.92 Å². The minimum Gasteiger partial charge on any atom is -0.384 e. The fourth-order valence-corrected chi connectivity index (χ4v) is 2.93. The van der Waals surface area contributed by atoms with Gasteiger partial charge in [-0.05, 0) is 36.8 Å². The summed E-state index contributed by atoms with van der Waals surface area (Å²) in [6.45, 7) is 1.53. The number of allylic oxidation sites excluding steroid dienone is 2. The first kappa shape index (κ1) is 12.3. The summed E-state index contributed by atoms with van der Waals surface area (Å²) >= 11 is 0. The second-order valence-electron chi connectivity index (χ2n) is 5.42. The Hall–Kier alpha value is -1.77. The Morgan fingerprint density at radius 1 is 1.32 bits per heavy atom. The first-order valence-corrected chi connectivity index (χ1v) is 7.10. The van der Waals surface area contributed by atoms with Gasteiger partial charge in [0.2, 0.25) is 5.91 Å². The number of rotatable bonds is 3. The van der Waals surface area contributed by atoms with Crippen molar-refractivity contribution in [3.05, 3.63) is 42.0 Å². The van der Waals surface area contributed by atoms with Gasteiger partial charge < -0.3 is 10.6 Å². The van der Waals surface area contributed by atoms with Crippen LogP contribution in [0, 0.1) is 5.92 Å². The zero-order chi connectivity index (χ0) is 13.1. The highest BCUT2D eigenvalue weighted by molar-refractivity contribution is 5.88. The average molecular weight is 256 g/mol. The fraction of sp³-hybridized carbons (Fsp3) is 0.438. The third-order valence-corrected chi connectivity index (χ3v) is 4.09. The van der Waals surface area contributed by atoms with Crippen LogP contribution in [0.1, 0.15) is 30.7 Å². The van der Waals surface area contributed by atoms with Crippen LogP contribution in [0.25, 0.3) is 0 Å². The van der Waals surface area contributed by atoms with E-state index < -0.39 is 0 Å². The van der Waals surface area contributed by atoms with E-state index in [2.05, 4.69) is 22.8 Å². The Kier molecular flexibility index (Phi) is 3.53. The van der Waals surface area contributed by atoms with E-state index >= 15 is 0 Å². The standard InChI is InChI=1S/C16H20N2O/c19-16(18-10-12-6-2-1-3-7-12)14-11-17-15-9-5-4-8-13(14)15/h1-2,4-5,8-9,12,14,17H,3,6-7,10-11H2,(H,18,19). The third-order valence-electron chi connectivity index (χ3n) is 4.09. The van der Waals surface area contributed by atoms with Gasteiger partial charge in [0, 0.05) is 18.8 Å². The molecule has 0 fully saturated rings. The summed E-state index contributed by atoms with van der Waals surface area (Å²) in [6, 6.07) is 8.08. The van der Waals surface area contributed by atoms with Gasteiger partial charge in [-0.2, -0.15) is 0 Å². The van der Waals surface area contributed by atoms with Gasteiger partial charge in [0.05, 0.1) is 5.92 Å². The number of benzene rings is 1. The molecule has 0 aromatic heterocycles. The minimum absolute atomic E-state index is 0.0321. The Morgan fingerprint density at radius 3 is 3.05 bits per heavy atom. The largest absolute Gasteiger partial charge is 0.384 e. The molecule has 19 heavy (non-hydrogen) atoms. The first-order chi connectivity index (χ1) is 9.34. The summed E-state index contributed by atoms with van der Waals surface area (Å²) in [4.78, 5) is 12.3. The maximum atomic E-state index is 12.3. The quantitative estimate of drug-likeness (QED) is 0.816. The maximum absolute atomic E-state index is 12.3. The lowest BCUT2D eigenvalue weighted by atomic mass is 9.94. The molecule has 0 spiro atoms. The van der Waals surface area contributed by atoms with Gasteiger partial charge in [0.1, 0.15) is 0 Å². The number of fused-ring (bicyclic) bond motifs is 1. The molecule has 1 aromatic rings. The number of hydrogen-bond acceptors (Lipinski definition) is 2. The highest BCUT2D eigenvalue weighted by atomic mass is 16.1. The van der Waals surface area contributed by atoms with Gasteiger partial charge in [-0.3, -0.25) is 4.79 Å². The van der Waals surface area contributed by atoms with Gasteiger partial charge in [0.25, 0.3) is 0 Å². The molecule has 1 aliphatic carbocycles. The topological polar surface area (TPSA) is 41.1 Å². The molecule has 2 unspecified atom stereocenters. The van der Waals surface area contributed by atoms with E-state index in [0.29, 0.717) is 5.92 Å². The van der Waals surface area contributed by atoms with Gasteiger partial charge in [-0.25, -0.2) is 0 Å². The summed E-state index contributed by atoms with van der Waals surface area (Å²) in [5.41, 5.74) is 2.23. The van der Waals surface area contributed by atoms with Crippen molar-refractivity contribution in [3.63, 3.8) is 0 Å². The number of carbonyl (C=O) groups is 1. The fourth-order valence-electron chi connectivity index (χ4n) is 2.93. The SMILES string of the molecule is O=C(NCC1CC=CCC1)C1CNc2ccccc21. The van der Waals surface area contributed by atoms with E-state index in [4.69, 9.17) is 0 Å². The normalized spacial score (nSPS) is 24.6. The zero-order valence-electron chi connectivity index (χ0n) is 11.1. The predicted octanol–water partition coefficient (Wildman–Crippen LogP) is 2.67. The average Bonchev–Trinajstić information content (AvgIpc) is 2.90. The van der Waals surface area contributed by atoms with E-state index in [1.165, 1.54) is 6.42 Å². The molecular formula is C16H20N2O. The molecule has 3 nitrogen and oxygen atoms in total. The molecule has 0 bridgehead atoms. The summed E-state index contributed by atoms with van der Waals surface area (Å²) in [6.07, 6.45) is 7.90. The lowest BCUT2D eigenvalue weighted by Crippen LogP contribution is -2.34. The number of carbonyl (C=O) groups excluding carboxylic acids is 1. The van der Waals surface area contributed by atoms with Gasteiger partial charge in [0.15, 0.2) is 0 Å². The summed E-state index contributed by atoms with van der Waals surface area (Å²) in [7, 11) is 0. The first-order valence-electron chi connectivity index (χ1n) is 7.10. The van der Waals surface area contributed by atoms with Gasteiger partial charge >= 0.3 is 0 Å². The van der Waals surface area contributed by atoms with Crippen LogP contribution in [0.5, 0.6) is 0 Å². The molecule has 1 heterocycles. The summed E-state index contributed by atoms with van der Waals surface area (Å²) in [5, 5.41) is 6.42. The molecule has 1 aliphatic heterocycles. The van der Waals surface area contributed by atoms with Crippen LogP contribution in [0.4, 0.5) is 5.69 Å². The number of nitrogens with one attached hydrogen (secondary N) is 2. The summed E-state index contributed by atoms with van der Waals surface area (Å²) in [5.74, 6) is 0.737. The van der Waals surface area contributed by atoms with Crippen LogP contribution in [0.2, 0.25) is 0 Å². The van der Waals surface area contributed by atoms with Crippen LogP contribution >= 0.6 is 0 Å². The van der Waals surface area contributed by atoms with Crippen LogP contribution in [-0.4, -0.2) is 19.0 Å². The Bertz CT molecular complexity index is 495. The highest BCUT2D eigenvalue weighted by Gasteiger charge is 2.28. The highest BCUT2D eigenvalue weighted by Crippen LogP contribution is 2.31. The van der Waals surface area contributed by atoms with Crippen LogP contribution < -0.4 is 10.6 Å². The third kappa shape index (κ3) is 2.65. The predicted molar refractivity (Wildman–Crippen MR) is 77.2 cm³/mol. The van der Waals surface area contributed by atoms with Crippen molar-refractivity contribution < 1.29 is 4.79 Å². The van der Waals surface area contributed by atoms with E-state index in [9.17, 15) is 4.79 Å². The molecule has 0 radical (unpaired) electrons. The lowest BCUT2D eigenvalue weighted by Gasteiger charge is -2.19. The van der Waals surface area contributed by atoms with Crippen LogP contribution in [0.3, 0.4) is 0 Å². The molecular weight excluding hydrogens is 236 g/mol. The monoisotopic (exact) mass is 256 g/mol. The molecule has 2 atom stereocenters. The summed E-state index contributed by atoms with van der Waals surface area (Å²) < 4.78 is 0. The Balaban J connectivity index is 1.58. The molecule has 1 aromatic carbocycles. The number of amides is 1. The van der Waals surface area contributed by atoms with E-state index in [1.807, 2.05) is 24.3 Å². The van der Waals surface area contributed by atoms with E-state index in [-0.39, 0.29) is 11.8 Å². The van der Waals surface area contributed by atoms with Crippen molar-refractivity contribution in [1.82, 2.24) is 5.32 Å². The van der Waals surface area contributed by atoms with Crippen molar-refractivity contribution in [3.8, 4) is 0 Å². The number of para-hydroxylation sites is 1. The molecule has 0 saturated carbocycles. The molecule has 3 heteroatoms. The molecule has 2 N–H and O–H groups in total. The molecule has 3 rings (SSSR count). The van der Waals surface area contributed by atoms with Gasteiger partial charge in [-0.1, -0.05) is 30.4 Å². The van der Waals surface area contributed by atoms with Crippen molar-refractivity contribution >= 4 is 11.6 Å². The van der Waals surface area contributed by atoms with Crippen molar-refractivity contribution in [2.45, 2.75) is 25.2 Å². The Morgan fingerprint density at radius 2 is 2.21 bits per heavy atom. The zero-order valence-corrected chi connectivity index (χ0v) is 11.1. The number of anilines is 1. The lowest BCUT2D eigenvalue weighted by molar-refractivity contribution is -0.122. The van der Waals surface area contributed by atoms with Crippen LogP contribution in [0.15, 0.2) is 36.4 Å². The second-order valence-corrected chi connectivity index (χ2v) is 5.42. The van der Waals surface area contributed by atoms with E-state index in [1.54, 1.807) is 0 Å². The smallest absolute Gasteiger partial charge is 0.229 e. The molecule has 100 valence electrons. The second kappa shape index (κ2) is 5.47. The van der Waals surface area contributed by atoms with Gasteiger partial charge in [-0.15, -0.1) is 0 Å². The van der Waals surface area contributed by atoms with Crippen molar-refractivity contribution in [1.29, 1.82) is 0 Å². The van der Waals surface area contributed by atoms with Crippen molar-refractivity contribution in [2.75, 3.05) is 18.4 Å². The number of hydrogen-bond donors (Lipinski definition) is 2. The molecule has 2 aliphatic rings. The molecule has 0 saturated heterocycles. The van der Waals surface area contributed by atoms with Crippen LogP contribution in [-0.2, 0) is 4.79 Å². The Labute approximate surface area is 114 Å². The maximum Gasteiger partial charge on any atom is 0.229 e. The molecule has 1 amide bonds. The van der Waals surface area contributed by atoms with E-state index in [0.717, 1.165) is 37.2 Å².